The summed E-state index contributed by atoms with van der Waals surface area (Å²) in [4.78, 5) is 45.6. The minimum atomic E-state index is -4.71. The summed E-state index contributed by atoms with van der Waals surface area (Å²) < 4.78 is 80.3. The highest BCUT2D eigenvalue weighted by atomic mass is 32.2. The van der Waals surface area contributed by atoms with Crippen molar-refractivity contribution in [1.29, 1.82) is 0 Å². The minimum Gasteiger partial charge on any atom is -0.445 e. The molecule has 2 aliphatic rings. The van der Waals surface area contributed by atoms with E-state index in [2.05, 4.69) is 5.10 Å². The average molecular weight is 742 g/mol. The number of nitrogens with one attached hydrogen (secondary N) is 1. The first-order chi connectivity index (χ1) is 24.7. The number of hydrogen-bond donors (Lipinski definition) is 1. The second-order valence-corrected chi connectivity index (χ2v) is 13.8. The lowest BCUT2D eigenvalue weighted by atomic mass is 10.1. The number of nitrogens with zero attached hydrogens (tertiary/aromatic N) is 6. The summed E-state index contributed by atoms with van der Waals surface area (Å²) >= 11 is 0. The van der Waals surface area contributed by atoms with Crippen LogP contribution in [0.1, 0.15) is 51.7 Å². The molecule has 2 aromatic heterocycles. The fourth-order valence-electron chi connectivity index (χ4n) is 5.86. The lowest BCUT2D eigenvalue weighted by Crippen LogP contribution is -2.46. The number of aryl methyl sites for hydroxylation is 1. The van der Waals surface area contributed by atoms with Gasteiger partial charge in [0.1, 0.15) is 11.1 Å². The third-order valence-corrected chi connectivity index (χ3v) is 9.91. The van der Waals surface area contributed by atoms with Crippen molar-refractivity contribution in [3.8, 4) is 16.9 Å². The molecule has 1 unspecified atom stereocenters. The van der Waals surface area contributed by atoms with Gasteiger partial charge in [-0.3, -0.25) is 14.6 Å². The minimum absolute atomic E-state index is 0.150. The van der Waals surface area contributed by atoms with Crippen LogP contribution in [0.2, 0.25) is 0 Å². The fraction of sp³-hybridized carbons (Fsp3) is 0.273. The van der Waals surface area contributed by atoms with Crippen LogP contribution in [0.15, 0.2) is 88.4 Å². The number of ether oxygens (including phenoxy) is 1. The Labute approximate surface area is 293 Å². The second-order valence-electron chi connectivity index (χ2n) is 12.2. The Bertz CT molecular complexity index is 2210. The summed E-state index contributed by atoms with van der Waals surface area (Å²) in [5, 5.41) is 6.44. The second kappa shape index (κ2) is 13.0. The van der Waals surface area contributed by atoms with Crippen LogP contribution >= 0.6 is 0 Å². The Morgan fingerprint density at radius 3 is 2.17 bits per heavy atom. The lowest BCUT2D eigenvalue weighted by Gasteiger charge is -2.28. The van der Waals surface area contributed by atoms with E-state index in [4.69, 9.17) is 14.2 Å². The van der Waals surface area contributed by atoms with Gasteiger partial charge in [0.15, 0.2) is 5.69 Å². The molecule has 0 aliphatic carbocycles. The number of halogens is 3. The molecule has 3 aromatic carbocycles. The maximum absolute atomic E-state index is 13.6. The van der Waals surface area contributed by atoms with Crippen molar-refractivity contribution in [2.75, 3.05) is 18.1 Å². The van der Waals surface area contributed by atoms with Crippen molar-refractivity contribution >= 4 is 27.9 Å². The first-order valence-electron chi connectivity index (χ1n) is 15.9. The molecular formula is C33H30F3N7O8S. The molecule has 0 spiro atoms. The van der Waals surface area contributed by atoms with E-state index in [0.717, 1.165) is 38.4 Å². The normalized spacial score (nSPS) is 15.9. The zero-order valence-electron chi connectivity index (χ0n) is 27.5. The average Bonchev–Trinajstić information content (AvgIpc) is 3.61. The van der Waals surface area contributed by atoms with Gasteiger partial charge in [0, 0.05) is 36.5 Å². The number of amides is 3. The summed E-state index contributed by atoms with van der Waals surface area (Å²) in [5.41, 5.74) is 1.16. The highest BCUT2D eigenvalue weighted by Crippen LogP contribution is 2.33. The molecule has 1 saturated heterocycles. The molecule has 2 aliphatic heterocycles. The number of piperidine rings is 1. The van der Waals surface area contributed by atoms with E-state index in [1.54, 1.807) is 53.5 Å². The van der Waals surface area contributed by atoms with Crippen molar-refractivity contribution in [3.63, 3.8) is 0 Å². The van der Waals surface area contributed by atoms with E-state index in [1.165, 1.54) is 24.0 Å². The monoisotopic (exact) mass is 741 g/mol. The van der Waals surface area contributed by atoms with E-state index < -0.39 is 52.1 Å². The van der Waals surface area contributed by atoms with Gasteiger partial charge in [-0.1, -0.05) is 42.0 Å². The van der Waals surface area contributed by atoms with E-state index in [0.29, 0.717) is 31.5 Å². The Morgan fingerprint density at radius 1 is 0.962 bits per heavy atom. The van der Waals surface area contributed by atoms with Crippen LogP contribution in [0.25, 0.3) is 16.9 Å². The van der Waals surface area contributed by atoms with Gasteiger partial charge in [-0.15, -0.1) is 0 Å². The van der Waals surface area contributed by atoms with Crippen LogP contribution in [0, 0.1) is 6.92 Å². The standard InChI is InChI=1S/C33H30F3N7O8S/c1-20-7-9-22(10-8-20)28-19-29(33(34,35)36)37-41(28)23-11-13-25(14-12-23)52(47,48)38-32(46)49-24-15-17-39(18-16-24)42-43(51-42)50-21(2)40-30(44)26-5-3-4-6-27(26)31(40)45/h3-14,19,21,24H,15-18H2,1-2H3,(H,38,46). The van der Waals surface area contributed by atoms with E-state index in [-0.39, 0.29) is 27.4 Å². The predicted molar refractivity (Wildman–Crippen MR) is 174 cm³/mol. The van der Waals surface area contributed by atoms with E-state index >= 15 is 0 Å². The molecule has 1 N–H and O–H groups in total. The summed E-state index contributed by atoms with van der Waals surface area (Å²) in [5.74, 6) is -0.970. The van der Waals surface area contributed by atoms with Crippen molar-refractivity contribution in [2.24, 2.45) is 0 Å². The highest BCUT2D eigenvalue weighted by molar-refractivity contribution is 7.90. The topological polar surface area (TPSA) is 163 Å². The van der Waals surface area contributed by atoms with Gasteiger partial charge in [-0.2, -0.15) is 22.9 Å². The van der Waals surface area contributed by atoms with Gasteiger partial charge in [-0.25, -0.2) is 27.5 Å². The van der Waals surface area contributed by atoms with Crippen LogP contribution in [-0.4, -0.2) is 76.4 Å². The Kier molecular flexibility index (Phi) is 8.60. The molecule has 1 atom stereocenters. The summed E-state index contributed by atoms with van der Waals surface area (Å²) in [6.07, 6.45) is -6.92. The number of carbonyl (C=O) groups is 3. The van der Waals surface area contributed by atoms with Gasteiger partial charge in [-0.05, 0) is 56.3 Å². The molecule has 5 aromatic rings. The molecule has 0 saturated carbocycles. The summed E-state index contributed by atoms with van der Waals surface area (Å²) in [6, 6.07) is 19.0. The maximum atomic E-state index is 13.6. The molecule has 0 radical (unpaired) electrons. The first-order valence-corrected chi connectivity index (χ1v) is 17.4. The number of aromatic nitrogens is 4. The molecule has 19 heteroatoms. The third kappa shape index (κ3) is 6.73. The molecule has 4 heterocycles. The van der Waals surface area contributed by atoms with Crippen LogP contribution < -0.4 is 14.6 Å². The van der Waals surface area contributed by atoms with Crippen molar-refractivity contribution in [3.05, 3.63) is 101 Å². The number of sulfonamides is 1. The summed E-state index contributed by atoms with van der Waals surface area (Å²) in [6.45, 7) is 4.01. The van der Waals surface area contributed by atoms with Crippen LogP contribution in [0.5, 0.6) is 0 Å². The van der Waals surface area contributed by atoms with Gasteiger partial charge < -0.3 is 9.57 Å². The molecule has 272 valence electrons. The number of carbonyl (C=O) groups excluding carboxylic acids is 3. The van der Waals surface area contributed by atoms with Crippen LogP contribution in [0.4, 0.5) is 18.0 Å². The molecular weight excluding hydrogens is 711 g/mol. The zero-order valence-corrected chi connectivity index (χ0v) is 28.3. The van der Waals surface area contributed by atoms with Gasteiger partial charge in [0.05, 0.1) is 27.4 Å². The predicted octanol–water partition coefficient (Wildman–Crippen LogP) is 4.35. The number of fused-ring (bicyclic) bond motifs is 1. The molecule has 52 heavy (non-hydrogen) atoms. The van der Waals surface area contributed by atoms with E-state index in [9.17, 15) is 36.0 Å². The Hall–Kier alpha value is -5.98. The number of benzene rings is 3. The number of imide groups is 1. The Balaban J connectivity index is 0.925. The first kappa shape index (κ1) is 34.5. The number of rotatable bonds is 9. The third-order valence-electron chi connectivity index (χ3n) is 8.58. The maximum Gasteiger partial charge on any atom is 0.435 e. The quantitative estimate of drug-likeness (QED) is 0.215. The molecule has 3 amide bonds. The van der Waals surface area contributed by atoms with Crippen molar-refractivity contribution in [1.82, 2.24) is 29.4 Å². The van der Waals surface area contributed by atoms with Crippen molar-refractivity contribution < 1.29 is 50.2 Å². The molecule has 0 bridgehead atoms. The fourth-order valence-corrected chi connectivity index (χ4v) is 6.74. The molecule has 1 fully saturated rings. The van der Waals surface area contributed by atoms with Gasteiger partial charge in [0.25, 0.3) is 21.8 Å². The SMILES string of the molecule is Cc1ccc(-c2cc(C(F)(F)F)nn2-c2ccc(S(=O)(=O)NC(=O)OC3CCN(n4on4OC(C)N4C(=O)c5ccccc5C4=O)CC3)cc2)cc1. The van der Waals surface area contributed by atoms with Crippen molar-refractivity contribution in [2.45, 2.75) is 50.1 Å². The van der Waals surface area contributed by atoms with Crippen LogP contribution in [-0.2, 0) is 20.9 Å². The van der Waals surface area contributed by atoms with Crippen LogP contribution in [0.3, 0.4) is 0 Å². The Morgan fingerprint density at radius 2 is 1.58 bits per heavy atom. The zero-order chi connectivity index (χ0) is 36.9. The summed E-state index contributed by atoms with van der Waals surface area (Å²) in [7, 11) is -4.41. The van der Waals surface area contributed by atoms with E-state index in [1.807, 2.05) is 11.6 Å². The number of alkyl halides is 3. The van der Waals surface area contributed by atoms with Gasteiger partial charge >= 0.3 is 12.3 Å². The highest BCUT2D eigenvalue weighted by Gasteiger charge is 2.41. The number of hydrogen-bond acceptors (Lipinski definition) is 10. The molecule has 15 nitrogen and oxygen atoms in total. The molecule has 7 rings (SSSR count). The smallest absolute Gasteiger partial charge is 0.435 e. The van der Waals surface area contributed by atoms with Gasteiger partial charge in [0.2, 0.25) is 6.23 Å². The lowest BCUT2D eigenvalue weighted by molar-refractivity contribution is -0.141. The largest absolute Gasteiger partial charge is 0.445 e.